The molecule has 0 radical (unpaired) electrons. The average Bonchev–Trinajstić information content (AvgIpc) is 3.21. The first kappa shape index (κ1) is 28.0. The molecule has 0 aliphatic rings. The normalized spacial score (nSPS) is 13.2. The highest BCUT2D eigenvalue weighted by molar-refractivity contribution is 8.00. The largest absolute Gasteiger partial charge is 0.497 e. The second-order valence-corrected chi connectivity index (χ2v) is 9.96. The number of anilines is 1. The van der Waals surface area contributed by atoms with Gasteiger partial charge in [-0.05, 0) is 55.3 Å². The van der Waals surface area contributed by atoms with Crippen LogP contribution in [0.1, 0.15) is 48.6 Å². The molecule has 2 N–H and O–H groups in total. The highest BCUT2D eigenvalue weighted by Crippen LogP contribution is 2.31. The Kier molecular flexibility index (Phi) is 8.85. The smallest absolute Gasteiger partial charge is 0.416 e. The van der Waals surface area contributed by atoms with E-state index in [1.54, 1.807) is 49.9 Å². The Labute approximate surface area is 217 Å². The topological polar surface area (TPSA) is 98.1 Å². The van der Waals surface area contributed by atoms with Crippen molar-refractivity contribution in [2.45, 2.75) is 43.4 Å². The number of hydrogen-bond donors (Lipinski definition) is 2. The number of hydrogen-bond acceptors (Lipinski definition) is 6. The molecule has 0 saturated carbocycles. The zero-order valence-corrected chi connectivity index (χ0v) is 21.8. The van der Waals surface area contributed by atoms with Crippen LogP contribution in [0.5, 0.6) is 5.75 Å². The van der Waals surface area contributed by atoms with Gasteiger partial charge in [-0.2, -0.15) is 13.2 Å². The number of ether oxygens (including phenoxy) is 1. The van der Waals surface area contributed by atoms with Gasteiger partial charge in [-0.25, -0.2) is 0 Å². The van der Waals surface area contributed by atoms with Crippen LogP contribution in [-0.2, 0) is 18.0 Å². The van der Waals surface area contributed by atoms with Crippen molar-refractivity contribution in [3.8, 4) is 5.75 Å². The van der Waals surface area contributed by atoms with Crippen molar-refractivity contribution in [1.82, 2.24) is 20.1 Å². The van der Waals surface area contributed by atoms with E-state index in [1.165, 1.54) is 12.1 Å². The van der Waals surface area contributed by atoms with E-state index in [4.69, 9.17) is 4.74 Å². The summed E-state index contributed by atoms with van der Waals surface area (Å²) >= 11 is 1.11. The monoisotopic (exact) mass is 535 g/mol. The Morgan fingerprint density at radius 3 is 2.32 bits per heavy atom. The maximum absolute atomic E-state index is 13.0. The lowest BCUT2D eigenvalue weighted by atomic mass is 10.0. The third-order valence-electron chi connectivity index (χ3n) is 5.56. The number of nitrogens with one attached hydrogen (secondary N) is 2. The fourth-order valence-electron chi connectivity index (χ4n) is 3.42. The van der Waals surface area contributed by atoms with Crippen LogP contribution in [0, 0.1) is 5.92 Å². The Morgan fingerprint density at radius 2 is 1.73 bits per heavy atom. The summed E-state index contributed by atoms with van der Waals surface area (Å²) in [7, 11) is 3.27. The quantitative estimate of drug-likeness (QED) is 0.371. The summed E-state index contributed by atoms with van der Waals surface area (Å²) in [6, 6.07) is 10.7. The second-order valence-electron chi connectivity index (χ2n) is 8.65. The summed E-state index contributed by atoms with van der Waals surface area (Å²) in [6.07, 6.45) is -4.51. The third kappa shape index (κ3) is 7.03. The minimum atomic E-state index is -4.51. The van der Waals surface area contributed by atoms with Gasteiger partial charge in [-0.1, -0.05) is 31.7 Å². The molecule has 12 heteroatoms. The van der Waals surface area contributed by atoms with Crippen LogP contribution >= 0.6 is 11.8 Å². The first-order chi connectivity index (χ1) is 17.4. The molecule has 8 nitrogen and oxygen atoms in total. The predicted octanol–water partition coefficient (Wildman–Crippen LogP) is 5.09. The first-order valence-electron chi connectivity index (χ1n) is 11.4. The number of carbonyl (C=O) groups excluding carboxylic acids is 2. The van der Waals surface area contributed by atoms with E-state index in [2.05, 4.69) is 20.8 Å². The van der Waals surface area contributed by atoms with Crippen molar-refractivity contribution in [3.05, 3.63) is 65.5 Å². The lowest BCUT2D eigenvalue weighted by Gasteiger charge is -2.22. The van der Waals surface area contributed by atoms with Gasteiger partial charge >= 0.3 is 6.18 Å². The summed E-state index contributed by atoms with van der Waals surface area (Å²) in [4.78, 5) is 25.5. The highest BCUT2D eigenvalue weighted by atomic mass is 32.2. The number of amides is 2. The van der Waals surface area contributed by atoms with Crippen LogP contribution in [0.3, 0.4) is 0 Å². The summed E-state index contributed by atoms with van der Waals surface area (Å²) in [5, 5.41) is 13.7. The molecule has 2 amide bonds. The fourth-order valence-corrected chi connectivity index (χ4v) is 4.25. The molecular weight excluding hydrogens is 507 g/mol. The van der Waals surface area contributed by atoms with Gasteiger partial charge in [0.15, 0.2) is 11.0 Å². The highest BCUT2D eigenvalue weighted by Gasteiger charge is 2.31. The molecule has 0 aliphatic carbocycles. The minimum absolute atomic E-state index is 0.0235. The molecule has 3 aromatic rings. The zero-order chi connectivity index (χ0) is 27.3. The zero-order valence-electron chi connectivity index (χ0n) is 21.0. The Hall–Kier alpha value is -3.54. The van der Waals surface area contributed by atoms with Gasteiger partial charge in [0.2, 0.25) is 5.91 Å². The number of halogens is 3. The van der Waals surface area contributed by atoms with Gasteiger partial charge in [0.1, 0.15) is 5.75 Å². The summed E-state index contributed by atoms with van der Waals surface area (Å²) in [6.45, 7) is 5.49. The van der Waals surface area contributed by atoms with Gasteiger partial charge in [-0.3, -0.25) is 9.59 Å². The first-order valence-corrected chi connectivity index (χ1v) is 12.3. The lowest BCUT2D eigenvalue weighted by molar-refractivity contribution is -0.137. The standard InChI is InChI=1S/C25H28F3N5O3S/c1-14(2)20(30-23(35)16-9-11-19(36-5)12-10-16)21-31-32-24(33(21)4)37-15(3)22(34)29-18-8-6-7-17(13-18)25(26,27)28/h6-15,20H,1-5H3,(H,29,34)(H,30,35)/t15-,20-/m1/s1. The van der Waals surface area contributed by atoms with E-state index in [0.717, 1.165) is 23.9 Å². The molecule has 1 aromatic heterocycles. The van der Waals surface area contributed by atoms with Crippen molar-refractivity contribution < 1.29 is 27.5 Å². The van der Waals surface area contributed by atoms with E-state index in [1.807, 2.05) is 13.8 Å². The van der Waals surface area contributed by atoms with Crippen LogP contribution in [0.15, 0.2) is 53.7 Å². The molecule has 2 atom stereocenters. The number of thioether (sulfide) groups is 1. The summed E-state index contributed by atoms with van der Waals surface area (Å²) in [5.74, 6) is 0.349. The van der Waals surface area contributed by atoms with Crippen LogP contribution in [0.4, 0.5) is 18.9 Å². The summed E-state index contributed by atoms with van der Waals surface area (Å²) < 4.78 is 45.7. The van der Waals surface area contributed by atoms with E-state index in [9.17, 15) is 22.8 Å². The van der Waals surface area contributed by atoms with Gasteiger partial charge in [-0.15, -0.1) is 10.2 Å². The molecule has 0 spiro atoms. The average molecular weight is 536 g/mol. The maximum Gasteiger partial charge on any atom is 0.416 e. The van der Waals surface area contributed by atoms with Crippen LogP contribution in [0.2, 0.25) is 0 Å². The number of aromatic nitrogens is 3. The molecule has 0 bridgehead atoms. The Morgan fingerprint density at radius 1 is 1.05 bits per heavy atom. The molecular formula is C25H28F3N5O3S. The van der Waals surface area contributed by atoms with Gasteiger partial charge in [0.05, 0.1) is 24.0 Å². The van der Waals surface area contributed by atoms with Crippen molar-refractivity contribution in [1.29, 1.82) is 0 Å². The van der Waals surface area contributed by atoms with Crippen LogP contribution in [-0.4, -0.2) is 38.9 Å². The molecule has 0 fully saturated rings. The van der Waals surface area contributed by atoms with Gasteiger partial charge < -0.3 is 19.9 Å². The SMILES string of the molecule is COc1ccc(C(=O)N[C@@H](c2nnc(S[C@H](C)C(=O)Nc3cccc(C(F)(F)F)c3)n2C)C(C)C)cc1. The Bertz CT molecular complexity index is 1250. The molecule has 1 heterocycles. The molecule has 198 valence electrons. The van der Waals surface area contributed by atoms with E-state index >= 15 is 0 Å². The lowest BCUT2D eigenvalue weighted by Crippen LogP contribution is -2.33. The van der Waals surface area contributed by atoms with Crippen molar-refractivity contribution in [3.63, 3.8) is 0 Å². The Balaban J connectivity index is 1.70. The number of nitrogens with zero attached hydrogens (tertiary/aromatic N) is 3. The number of rotatable bonds is 9. The second kappa shape index (κ2) is 11.7. The van der Waals surface area contributed by atoms with Crippen molar-refractivity contribution >= 4 is 29.3 Å². The maximum atomic E-state index is 13.0. The van der Waals surface area contributed by atoms with E-state index in [-0.39, 0.29) is 17.5 Å². The fraction of sp³-hybridized carbons (Fsp3) is 0.360. The predicted molar refractivity (Wildman–Crippen MR) is 134 cm³/mol. The van der Waals surface area contributed by atoms with Crippen LogP contribution in [0.25, 0.3) is 0 Å². The van der Waals surface area contributed by atoms with E-state index in [0.29, 0.717) is 22.3 Å². The minimum Gasteiger partial charge on any atom is -0.497 e. The van der Waals surface area contributed by atoms with Gasteiger partial charge in [0.25, 0.3) is 5.91 Å². The molecule has 0 aliphatic heterocycles. The van der Waals surface area contributed by atoms with Crippen molar-refractivity contribution in [2.75, 3.05) is 12.4 Å². The number of methoxy groups -OCH3 is 1. The van der Waals surface area contributed by atoms with Gasteiger partial charge in [0, 0.05) is 18.3 Å². The number of carbonyl (C=O) groups is 2. The van der Waals surface area contributed by atoms with Crippen molar-refractivity contribution in [2.24, 2.45) is 13.0 Å². The molecule has 3 rings (SSSR count). The van der Waals surface area contributed by atoms with E-state index < -0.39 is 28.9 Å². The molecule has 37 heavy (non-hydrogen) atoms. The summed E-state index contributed by atoms with van der Waals surface area (Å²) in [5.41, 5.74) is -0.338. The molecule has 2 aromatic carbocycles. The molecule has 0 saturated heterocycles. The van der Waals surface area contributed by atoms with Crippen LogP contribution < -0.4 is 15.4 Å². The third-order valence-corrected chi connectivity index (χ3v) is 6.70. The number of benzene rings is 2. The number of alkyl halides is 3. The molecule has 0 unspecified atom stereocenters.